The van der Waals surface area contributed by atoms with E-state index < -0.39 is 0 Å². The molecular weight excluding hydrogens is 458 g/mol. The minimum absolute atomic E-state index is 0.0636. The van der Waals surface area contributed by atoms with Crippen LogP contribution in [-0.2, 0) is 4.79 Å². The maximum atomic E-state index is 12.3. The Bertz CT molecular complexity index is 1310. The largest absolute Gasteiger partial charge is 0.484 e. The van der Waals surface area contributed by atoms with E-state index in [9.17, 15) is 4.79 Å². The molecule has 2 aromatic carbocycles. The predicted molar refractivity (Wildman–Crippen MR) is 140 cm³/mol. The minimum Gasteiger partial charge on any atom is -0.484 e. The fourth-order valence-electron chi connectivity index (χ4n) is 4.22. The first-order valence-corrected chi connectivity index (χ1v) is 11.7. The molecule has 1 aliphatic heterocycles. The Kier molecular flexibility index (Phi) is 6.45. The lowest BCUT2D eigenvalue weighted by Crippen LogP contribution is -2.29. The lowest BCUT2D eigenvalue weighted by Gasteiger charge is -2.27. The van der Waals surface area contributed by atoms with Gasteiger partial charge in [-0.3, -0.25) is 9.78 Å². The van der Waals surface area contributed by atoms with Gasteiger partial charge in [-0.05, 0) is 79.8 Å². The molecule has 2 atom stereocenters. The Balaban J connectivity index is 1.34. The summed E-state index contributed by atoms with van der Waals surface area (Å²) in [6, 6.07) is 26.7. The van der Waals surface area contributed by atoms with Gasteiger partial charge in [0.1, 0.15) is 11.8 Å². The number of para-hydroxylation sites is 1. The highest BCUT2D eigenvalue weighted by Crippen LogP contribution is 2.41. The summed E-state index contributed by atoms with van der Waals surface area (Å²) in [6.45, 7) is 1.97. The van der Waals surface area contributed by atoms with Crippen molar-refractivity contribution in [3.8, 4) is 5.75 Å². The maximum absolute atomic E-state index is 12.3. The van der Waals surface area contributed by atoms with Crippen LogP contribution in [0.25, 0.3) is 0 Å². The zero-order valence-electron chi connectivity index (χ0n) is 19.1. The van der Waals surface area contributed by atoms with E-state index in [4.69, 9.17) is 17.0 Å². The fourth-order valence-corrected chi connectivity index (χ4v) is 4.56. The van der Waals surface area contributed by atoms with Crippen LogP contribution in [0.4, 0.5) is 11.4 Å². The molecule has 0 unspecified atom stereocenters. The van der Waals surface area contributed by atoms with Crippen LogP contribution >= 0.6 is 12.2 Å². The summed E-state index contributed by atoms with van der Waals surface area (Å²) in [4.78, 5) is 22.5. The van der Waals surface area contributed by atoms with E-state index in [0.717, 1.165) is 22.8 Å². The van der Waals surface area contributed by atoms with Crippen molar-refractivity contribution in [1.29, 1.82) is 0 Å². The number of ether oxygens (including phenoxy) is 1. The highest BCUT2D eigenvalue weighted by molar-refractivity contribution is 7.80. The molecular formula is C27H25N5O2S. The number of aromatic amines is 1. The SMILES string of the molecule is Cc1ccc([C@@H]2[C@H](c3ccccn3)NC(=S)N2c2ccc(NC(=O)COc3ccccc3)cc2)[nH]1. The van der Waals surface area contributed by atoms with E-state index in [1.54, 1.807) is 6.20 Å². The number of rotatable bonds is 7. The van der Waals surface area contributed by atoms with E-state index in [1.165, 1.54) is 0 Å². The zero-order valence-corrected chi connectivity index (χ0v) is 20.0. The molecule has 1 fully saturated rings. The highest BCUT2D eigenvalue weighted by atomic mass is 32.1. The van der Waals surface area contributed by atoms with Crippen molar-refractivity contribution in [2.75, 3.05) is 16.8 Å². The van der Waals surface area contributed by atoms with E-state index in [-0.39, 0.29) is 24.6 Å². The molecule has 7 nitrogen and oxygen atoms in total. The van der Waals surface area contributed by atoms with E-state index >= 15 is 0 Å². The molecule has 5 rings (SSSR count). The number of thiocarbonyl (C=S) groups is 1. The van der Waals surface area contributed by atoms with Crippen LogP contribution < -0.4 is 20.3 Å². The lowest BCUT2D eigenvalue weighted by molar-refractivity contribution is -0.118. The van der Waals surface area contributed by atoms with Crippen LogP contribution in [0.5, 0.6) is 5.75 Å². The Hall–Kier alpha value is -4.17. The zero-order chi connectivity index (χ0) is 24.2. The molecule has 0 aliphatic carbocycles. The van der Waals surface area contributed by atoms with Crippen molar-refractivity contribution < 1.29 is 9.53 Å². The normalized spacial score (nSPS) is 17.2. The first-order valence-electron chi connectivity index (χ1n) is 11.3. The van der Waals surface area contributed by atoms with Crippen molar-refractivity contribution >= 4 is 34.6 Å². The molecule has 3 heterocycles. The molecule has 0 bridgehead atoms. The molecule has 0 radical (unpaired) electrons. The summed E-state index contributed by atoms with van der Waals surface area (Å²) in [5.74, 6) is 0.427. The number of nitrogens with zero attached hydrogens (tertiary/aromatic N) is 2. The Labute approximate surface area is 209 Å². The number of hydrogen-bond donors (Lipinski definition) is 3. The van der Waals surface area contributed by atoms with Crippen molar-refractivity contribution in [3.05, 3.63) is 108 Å². The summed E-state index contributed by atoms with van der Waals surface area (Å²) in [6.07, 6.45) is 1.79. The van der Waals surface area contributed by atoms with E-state index in [1.807, 2.05) is 79.7 Å². The van der Waals surface area contributed by atoms with Crippen molar-refractivity contribution in [2.24, 2.45) is 0 Å². The Morgan fingerprint density at radius 2 is 1.80 bits per heavy atom. The number of H-pyrrole nitrogens is 1. The average Bonchev–Trinajstić information content (AvgIpc) is 3.47. The number of anilines is 2. The van der Waals surface area contributed by atoms with Gasteiger partial charge < -0.3 is 25.3 Å². The highest BCUT2D eigenvalue weighted by Gasteiger charge is 2.41. The number of benzene rings is 2. The number of hydrogen-bond acceptors (Lipinski definition) is 4. The Morgan fingerprint density at radius 3 is 2.49 bits per heavy atom. The van der Waals surface area contributed by atoms with Crippen LogP contribution in [0.3, 0.4) is 0 Å². The minimum atomic E-state index is -0.227. The van der Waals surface area contributed by atoms with Gasteiger partial charge >= 0.3 is 0 Å². The number of aryl methyl sites for hydroxylation is 1. The summed E-state index contributed by atoms with van der Waals surface area (Å²) in [7, 11) is 0. The van der Waals surface area contributed by atoms with Gasteiger partial charge in [0.2, 0.25) is 0 Å². The smallest absolute Gasteiger partial charge is 0.262 e. The number of nitrogens with one attached hydrogen (secondary N) is 3. The van der Waals surface area contributed by atoms with Gasteiger partial charge in [0.05, 0.1) is 11.7 Å². The predicted octanol–water partition coefficient (Wildman–Crippen LogP) is 4.91. The number of carbonyl (C=O) groups excluding carboxylic acids is 1. The lowest BCUT2D eigenvalue weighted by atomic mass is 10.0. The average molecular weight is 484 g/mol. The van der Waals surface area contributed by atoms with Crippen LogP contribution in [0, 0.1) is 6.92 Å². The first-order chi connectivity index (χ1) is 17.1. The molecule has 176 valence electrons. The molecule has 2 aromatic heterocycles. The molecule has 1 amide bonds. The van der Waals surface area contributed by atoms with Gasteiger partial charge in [-0.1, -0.05) is 24.3 Å². The van der Waals surface area contributed by atoms with Crippen LogP contribution in [0.15, 0.2) is 91.1 Å². The number of amides is 1. The van der Waals surface area contributed by atoms with E-state index in [0.29, 0.717) is 16.5 Å². The fraction of sp³-hybridized carbons (Fsp3) is 0.148. The van der Waals surface area contributed by atoms with Crippen molar-refractivity contribution in [3.63, 3.8) is 0 Å². The maximum Gasteiger partial charge on any atom is 0.262 e. The number of pyridine rings is 1. The molecule has 3 N–H and O–H groups in total. The van der Waals surface area contributed by atoms with Crippen LogP contribution in [-0.4, -0.2) is 27.6 Å². The molecule has 1 saturated heterocycles. The second kappa shape index (κ2) is 9.99. The van der Waals surface area contributed by atoms with Gasteiger partial charge in [-0.25, -0.2) is 0 Å². The number of aromatic nitrogens is 2. The van der Waals surface area contributed by atoms with E-state index in [2.05, 4.69) is 37.6 Å². The van der Waals surface area contributed by atoms with Gasteiger partial charge in [-0.2, -0.15) is 0 Å². The summed E-state index contributed by atoms with van der Waals surface area (Å²) < 4.78 is 5.52. The molecule has 8 heteroatoms. The topological polar surface area (TPSA) is 82.3 Å². The van der Waals surface area contributed by atoms with Crippen molar-refractivity contribution in [2.45, 2.75) is 19.0 Å². The van der Waals surface area contributed by atoms with Crippen molar-refractivity contribution in [1.82, 2.24) is 15.3 Å². The Morgan fingerprint density at radius 1 is 1.03 bits per heavy atom. The third-order valence-corrected chi connectivity index (χ3v) is 6.13. The van der Waals surface area contributed by atoms with Gasteiger partial charge in [0.25, 0.3) is 5.91 Å². The first kappa shape index (κ1) is 22.6. The quantitative estimate of drug-likeness (QED) is 0.324. The molecule has 35 heavy (non-hydrogen) atoms. The third-order valence-electron chi connectivity index (χ3n) is 5.81. The third kappa shape index (κ3) is 5.02. The monoisotopic (exact) mass is 483 g/mol. The molecule has 0 saturated carbocycles. The second-order valence-corrected chi connectivity index (χ2v) is 8.68. The molecule has 4 aromatic rings. The standard InChI is InChI=1S/C27H25N5O2S/c1-18-10-15-23(29-18)26-25(22-9-5-6-16-28-22)31-27(35)32(26)20-13-11-19(12-14-20)30-24(33)17-34-21-7-3-2-4-8-21/h2-16,25-26,29H,17H2,1H3,(H,30,33)(H,31,35)/t25-,26+/m0/s1. The summed E-state index contributed by atoms with van der Waals surface area (Å²) >= 11 is 5.75. The van der Waals surface area contributed by atoms with Crippen LogP contribution in [0.1, 0.15) is 29.2 Å². The molecule has 1 aliphatic rings. The summed E-state index contributed by atoms with van der Waals surface area (Å²) in [5.41, 5.74) is 4.63. The van der Waals surface area contributed by atoms with Crippen LogP contribution in [0.2, 0.25) is 0 Å². The molecule has 0 spiro atoms. The second-order valence-electron chi connectivity index (χ2n) is 8.29. The summed E-state index contributed by atoms with van der Waals surface area (Å²) in [5, 5.41) is 6.94. The van der Waals surface area contributed by atoms with Gasteiger partial charge in [0.15, 0.2) is 11.7 Å². The number of carbonyl (C=O) groups is 1. The van der Waals surface area contributed by atoms with Gasteiger partial charge in [-0.15, -0.1) is 0 Å². The van der Waals surface area contributed by atoms with Gasteiger partial charge in [0, 0.05) is 29.0 Å².